The second kappa shape index (κ2) is 7.64. The first-order chi connectivity index (χ1) is 12.8. The van der Waals surface area contributed by atoms with Crippen LogP contribution in [0.4, 0.5) is 13.2 Å². The van der Waals surface area contributed by atoms with E-state index in [1.807, 2.05) is 6.07 Å². The van der Waals surface area contributed by atoms with Crippen LogP contribution in [0.5, 0.6) is 5.75 Å². The molecule has 0 aliphatic rings. The number of thiazole rings is 1. The van der Waals surface area contributed by atoms with E-state index in [2.05, 4.69) is 4.74 Å². The zero-order valence-electron chi connectivity index (χ0n) is 15.5. The summed E-state index contributed by atoms with van der Waals surface area (Å²) >= 11 is 0.862. The van der Waals surface area contributed by atoms with Gasteiger partial charge >= 0.3 is 6.36 Å². The summed E-state index contributed by atoms with van der Waals surface area (Å²) in [6.45, 7) is 4.95. The van der Waals surface area contributed by atoms with E-state index in [1.165, 1.54) is 31.3 Å². The second-order valence-electron chi connectivity index (χ2n) is 6.93. The van der Waals surface area contributed by atoms with Gasteiger partial charge in [-0.1, -0.05) is 39.0 Å². The zero-order valence-corrected chi connectivity index (χ0v) is 16.4. The van der Waals surface area contributed by atoms with Crippen molar-refractivity contribution in [2.24, 2.45) is 12.5 Å². The largest absolute Gasteiger partial charge is 0.573 e. The number of alkyl halides is 3. The maximum absolute atomic E-state index is 12.6. The molecule has 9 heteroatoms. The minimum absolute atomic E-state index is 0.0472. The van der Waals surface area contributed by atoms with Crippen molar-refractivity contribution in [2.75, 3.05) is 0 Å². The molecule has 0 radical (unpaired) electrons. The second-order valence-corrected chi connectivity index (χ2v) is 7.96. The molecular formula is C19H17F3N2O3S. The molecule has 0 amide bonds. The van der Waals surface area contributed by atoms with E-state index in [1.54, 1.807) is 20.8 Å². The van der Waals surface area contributed by atoms with Crippen LogP contribution in [0.25, 0.3) is 11.6 Å². The fraction of sp³-hybridized carbons (Fsp3) is 0.316. The Morgan fingerprint density at radius 3 is 2.39 bits per heavy atom. The Kier molecular flexibility index (Phi) is 5.85. The van der Waals surface area contributed by atoms with Gasteiger partial charge in [-0.2, -0.15) is 5.26 Å². The summed E-state index contributed by atoms with van der Waals surface area (Å²) < 4.78 is 43.1. The number of benzene rings is 1. The first kappa shape index (κ1) is 21.4. The molecule has 1 heterocycles. The Morgan fingerprint density at radius 1 is 1.25 bits per heavy atom. The number of Topliss-reactive ketones (excluding diaryl/α,β-unsaturated/α-hetero) is 1. The number of hydrogen-bond acceptors (Lipinski definition) is 5. The molecule has 0 saturated carbocycles. The van der Waals surface area contributed by atoms with Crippen molar-refractivity contribution < 1.29 is 22.7 Å². The molecular weight excluding hydrogens is 393 g/mol. The number of nitriles is 1. The van der Waals surface area contributed by atoms with Crippen LogP contribution >= 0.6 is 11.3 Å². The van der Waals surface area contributed by atoms with Gasteiger partial charge < -0.3 is 9.30 Å². The predicted molar refractivity (Wildman–Crippen MR) is 99.0 cm³/mol. The lowest BCUT2D eigenvalue weighted by atomic mass is 9.87. The van der Waals surface area contributed by atoms with Crippen LogP contribution in [-0.4, -0.2) is 16.7 Å². The van der Waals surface area contributed by atoms with E-state index in [4.69, 9.17) is 0 Å². The van der Waals surface area contributed by atoms with Crippen LogP contribution in [0.3, 0.4) is 0 Å². The number of carbonyl (C=O) groups is 1. The van der Waals surface area contributed by atoms with Gasteiger partial charge in [0.1, 0.15) is 22.1 Å². The van der Waals surface area contributed by atoms with Crippen molar-refractivity contribution >= 4 is 28.8 Å². The first-order valence-corrected chi connectivity index (χ1v) is 8.88. The molecule has 1 aromatic carbocycles. The summed E-state index contributed by atoms with van der Waals surface area (Å²) in [7, 11) is 1.40. The molecule has 0 aliphatic heterocycles. The normalized spacial score (nSPS) is 13.9. The summed E-state index contributed by atoms with van der Waals surface area (Å²) in [4.78, 5) is 25.0. The fourth-order valence-electron chi connectivity index (χ4n) is 2.31. The Balaban J connectivity index is 2.75. The molecule has 0 bridgehead atoms. The number of halogens is 3. The molecule has 5 nitrogen and oxygen atoms in total. The van der Waals surface area contributed by atoms with Gasteiger partial charge in [-0.25, -0.2) is 0 Å². The van der Waals surface area contributed by atoms with Crippen molar-refractivity contribution in [1.82, 2.24) is 4.57 Å². The Hall–Kier alpha value is -2.86. The molecule has 0 unspecified atom stereocenters. The lowest BCUT2D eigenvalue weighted by Crippen LogP contribution is -2.32. The number of ether oxygens (including phenoxy) is 1. The lowest BCUT2D eigenvalue weighted by molar-refractivity contribution is -0.274. The van der Waals surface area contributed by atoms with Gasteiger partial charge in [-0.3, -0.25) is 9.59 Å². The molecule has 0 atom stereocenters. The Bertz CT molecular complexity index is 1130. The van der Waals surface area contributed by atoms with Crippen LogP contribution < -0.4 is 19.5 Å². The quantitative estimate of drug-likeness (QED) is 0.779. The van der Waals surface area contributed by atoms with Gasteiger partial charge in [0.15, 0.2) is 5.78 Å². The van der Waals surface area contributed by atoms with E-state index < -0.39 is 28.9 Å². The number of nitrogens with zero attached hydrogens (tertiary/aromatic N) is 2. The van der Waals surface area contributed by atoms with Crippen LogP contribution in [0.2, 0.25) is 0 Å². The molecule has 0 N–H and O–H groups in total. The molecule has 148 valence electrons. The summed E-state index contributed by atoms with van der Waals surface area (Å²) in [5, 5.41) is 9.43. The van der Waals surface area contributed by atoms with Crippen LogP contribution in [0.15, 0.2) is 29.1 Å². The monoisotopic (exact) mass is 410 g/mol. The van der Waals surface area contributed by atoms with E-state index in [9.17, 15) is 28.0 Å². The highest BCUT2D eigenvalue weighted by molar-refractivity contribution is 7.07. The Labute approximate surface area is 162 Å². The van der Waals surface area contributed by atoms with Crippen LogP contribution in [0.1, 0.15) is 26.3 Å². The van der Waals surface area contributed by atoms with Crippen molar-refractivity contribution in [1.29, 1.82) is 5.26 Å². The number of ketones is 1. The van der Waals surface area contributed by atoms with Gasteiger partial charge in [-0.15, -0.1) is 24.5 Å². The number of para-hydroxylation sites is 1. The molecule has 2 aromatic rings. The molecule has 0 spiro atoms. The third kappa shape index (κ3) is 4.70. The lowest BCUT2D eigenvalue weighted by Gasteiger charge is -2.15. The summed E-state index contributed by atoms with van der Waals surface area (Å²) in [6.07, 6.45) is -3.63. The third-order valence-electron chi connectivity index (χ3n) is 3.69. The topological polar surface area (TPSA) is 72.1 Å². The molecule has 0 aliphatic carbocycles. The van der Waals surface area contributed by atoms with Gasteiger partial charge in [0.05, 0.1) is 4.53 Å². The van der Waals surface area contributed by atoms with Crippen LogP contribution in [0, 0.1) is 16.7 Å². The predicted octanol–water partition coefficient (Wildman–Crippen LogP) is 2.46. The van der Waals surface area contributed by atoms with Crippen molar-refractivity contribution in [2.45, 2.75) is 27.1 Å². The molecule has 1 aromatic heterocycles. The van der Waals surface area contributed by atoms with E-state index in [-0.39, 0.29) is 20.3 Å². The molecule has 2 rings (SSSR count). The number of aromatic nitrogens is 1. The SMILES string of the molecule is Cn1c(=O)/c(=C\c2ccccc2OC(F)(F)F)s/c1=C(\C#N)C(=O)C(C)(C)C. The summed E-state index contributed by atoms with van der Waals surface area (Å²) in [5.74, 6) is -0.888. The Morgan fingerprint density at radius 2 is 1.86 bits per heavy atom. The zero-order chi connectivity index (χ0) is 21.3. The van der Waals surface area contributed by atoms with E-state index in [0.717, 1.165) is 22.0 Å². The van der Waals surface area contributed by atoms with E-state index >= 15 is 0 Å². The average Bonchev–Trinajstić information content (AvgIpc) is 2.84. The minimum Gasteiger partial charge on any atom is -0.405 e. The van der Waals surface area contributed by atoms with Crippen molar-refractivity contribution in [3.8, 4) is 11.8 Å². The maximum Gasteiger partial charge on any atom is 0.573 e. The number of hydrogen-bond donors (Lipinski definition) is 0. The minimum atomic E-state index is -4.88. The molecule has 28 heavy (non-hydrogen) atoms. The summed E-state index contributed by atoms with van der Waals surface area (Å²) in [5.41, 5.74) is -1.49. The molecule has 0 fully saturated rings. The summed E-state index contributed by atoms with van der Waals surface area (Å²) in [6, 6.07) is 7.23. The van der Waals surface area contributed by atoms with Crippen molar-refractivity contribution in [3.63, 3.8) is 0 Å². The van der Waals surface area contributed by atoms with E-state index in [0.29, 0.717) is 0 Å². The van der Waals surface area contributed by atoms with Crippen LogP contribution in [-0.2, 0) is 11.8 Å². The molecule has 0 saturated heterocycles. The highest BCUT2D eigenvalue weighted by Crippen LogP contribution is 2.26. The highest BCUT2D eigenvalue weighted by atomic mass is 32.1. The standard InChI is InChI=1S/C19H17F3N2O3S/c1-18(2,3)15(25)12(10-23)17-24(4)16(26)14(28-17)9-11-7-5-6-8-13(11)27-19(20,21)22/h5-9H,1-4H3/b14-9+,17-12+. The van der Waals surface area contributed by atoms with Gasteiger partial charge in [0, 0.05) is 18.0 Å². The van der Waals surface area contributed by atoms with Crippen molar-refractivity contribution in [3.05, 3.63) is 49.4 Å². The average molecular weight is 410 g/mol. The smallest absolute Gasteiger partial charge is 0.405 e. The number of rotatable bonds is 3. The van der Waals surface area contributed by atoms with Gasteiger partial charge in [-0.05, 0) is 12.1 Å². The highest BCUT2D eigenvalue weighted by Gasteiger charge is 2.32. The number of carbonyl (C=O) groups excluding carboxylic acids is 1. The maximum atomic E-state index is 12.6. The van der Waals surface area contributed by atoms with Gasteiger partial charge in [0.2, 0.25) is 0 Å². The fourth-order valence-corrected chi connectivity index (χ4v) is 3.39. The van der Waals surface area contributed by atoms with Gasteiger partial charge in [0.25, 0.3) is 5.56 Å². The third-order valence-corrected chi connectivity index (χ3v) is 4.88. The first-order valence-electron chi connectivity index (χ1n) is 8.06.